The van der Waals surface area contributed by atoms with E-state index >= 15 is 0 Å². The van der Waals surface area contributed by atoms with Crippen molar-refractivity contribution in [1.82, 2.24) is 14.1 Å². The summed E-state index contributed by atoms with van der Waals surface area (Å²) in [7, 11) is 0. The van der Waals surface area contributed by atoms with Crippen molar-refractivity contribution in [3.05, 3.63) is 139 Å². The van der Waals surface area contributed by atoms with Gasteiger partial charge in [0.15, 0.2) is 0 Å². The van der Waals surface area contributed by atoms with Gasteiger partial charge in [0.1, 0.15) is 5.82 Å². The fourth-order valence-electron chi connectivity index (χ4n) is 6.20. The highest BCUT2D eigenvalue weighted by Crippen LogP contribution is 2.41. The van der Waals surface area contributed by atoms with Gasteiger partial charge in [0.25, 0.3) is 0 Å². The van der Waals surface area contributed by atoms with E-state index in [0.717, 1.165) is 22.8 Å². The Morgan fingerprint density at radius 1 is 0.538 bits per heavy atom. The van der Waals surface area contributed by atoms with E-state index in [1.807, 2.05) is 12.3 Å². The van der Waals surface area contributed by atoms with Crippen molar-refractivity contribution in [2.75, 3.05) is 0 Å². The monoisotopic (exact) mass is 499 g/mol. The van der Waals surface area contributed by atoms with Crippen LogP contribution in [0, 0.1) is 6.92 Å². The second-order valence-corrected chi connectivity index (χ2v) is 10.1. The number of hydrogen-bond donors (Lipinski definition) is 0. The lowest BCUT2D eigenvalue weighted by molar-refractivity contribution is 1.02. The Hall–Kier alpha value is -5.15. The number of benzene rings is 6. The number of para-hydroxylation sites is 1. The van der Waals surface area contributed by atoms with Gasteiger partial charge in [-0.25, -0.2) is 4.98 Å². The number of fused-ring (bicyclic) bond motifs is 7. The van der Waals surface area contributed by atoms with Gasteiger partial charge in [0, 0.05) is 39.5 Å². The van der Waals surface area contributed by atoms with Crippen LogP contribution in [0.1, 0.15) is 5.56 Å². The molecule has 0 radical (unpaired) electrons. The lowest BCUT2D eigenvalue weighted by Crippen LogP contribution is -2.06. The third-order valence-electron chi connectivity index (χ3n) is 7.91. The maximum Gasteiger partial charge on any atom is 0.144 e. The number of hydrogen-bond acceptors (Lipinski definition) is 1. The number of rotatable bonds is 3. The Morgan fingerprint density at radius 3 is 1.82 bits per heavy atom. The fourth-order valence-corrected chi connectivity index (χ4v) is 6.20. The van der Waals surface area contributed by atoms with Gasteiger partial charge in [-0.1, -0.05) is 115 Å². The molecule has 2 heterocycles. The largest absolute Gasteiger partial charge is 0.306 e. The minimum Gasteiger partial charge on any atom is -0.306 e. The topological polar surface area (TPSA) is 22.8 Å². The zero-order chi connectivity index (χ0) is 25.9. The van der Waals surface area contributed by atoms with E-state index in [2.05, 4.69) is 138 Å². The van der Waals surface area contributed by atoms with Crippen LogP contribution in [0.15, 0.2) is 134 Å². The summed E-state index contributed by atoms with van der Waals surface area (Å²) in [5.74, 6) is 0.932. The van der Waals surface area contributed by atoms with Gasteiger partial charge in [-0.05, 0) is 29.3 Å². The summed E-state index contributed by atoms with van der Waals surface area (Å²) in [5, 5.41) is 7.49. The van der Waals surface area contributed by atoms with Crippen molar-refractivity contribution < 1.29 is 0 Å². The zero-order valence-electron chi connectivity index (χ0n) is 21.5. The molecular weight excluding hydrogens is 474 g/mol. The van der Waals surface area contributed by atoms with Crippen molar-refractivity contribution in [2.24, 2.45) is 0 Å². The molecule has 8 aromatic rings. The number of aromatic nitrogens is 3. The summed E-state index contributed by atoms with van der Waals surface area (Å²) in [6, 6.07) is 43.5. The van der Waals surface area contributed by atoms with E-state index in [1.165, 1.54) is 48.9 Å². The van der Waals surface area contributed by atoms with Crippen LogP contribution in [0.25, 0.3) is 66.1 Å². The molecule has 3 nitrogen and oxygen atoms in total. The van der Waals surface area contributed by atoms with E-state index < -0.39 is 0 Å². The Balaban J connectivity index is 1.58. The van der Waals surface area contributed by atoms with Gasteiger partial charge in [-0.15, -0.1) is 0 Å². The van der Waals surface area contributed by atoms with Gasteiger partial charge in [-0.2, -0.15) is 0 Å². The van der Waals surface area contributed by atoms with Crippen LogP contribution in [-0.4, -0.2) is 14.1 Å². The maximum absolute atomic E-state index is 4.80. The smallest absolute Gasteiger partial charge is 0.144 e. The fraction of sp³-hybridized carbons (Fsp3) is 0.0278. The second-order valence-electron chi connectivity index (χ2n) is 10.1. The van der Waals surface area contributed by atoms with Gasteiger partial charge < -0.3 is 4.57 Å². The SMILES string of the molecule is Cc1cccc(-n2c3c4ccccc4ccc3c3ccc4ccccc4c32)c1-n1ccnc1-c1ccccc1. The molecule has 0 saturated heterocycles. The number of nitrogens with zero attached hydrogens (tertiary/aromatic N) is 3. The summed E-state index contributed by atoms with van der Waals surface area (Å²) in [5.41, 5.74) is 7.01. The molecule has 0 unspecified atom stereocenters. The Labute approximate surface area is 226 Å². The van der Waals surface area contributed by atoms with Crippen LogP contribution in [0.2, 0.25) is 0 Å². The normalized spacial score (nSPS) is 11.7. The Morgan fingerprint density at radius 2 is 1.15 bits per heavy atom. The van der Waals surface area contributed by atoms with Gasteiger partial charge >= 0.3 is 0 Å². The van der Waals surface area contributed by atoms with Crippen molar-refractivity contribution in [1.29, 1.82) is 0 Å². The summed E-state index contributed by atoms with van der Waals surface area (Å²) in [4.78, 5) is 4.80. The predicted molar refractivity (Wildman–Crippen MR) is 163 cm³/mol. The first-order valence-electron chi connectivity index (χ1n) is 13.3. The molecule has 0 aliphatic rings. The maximum atomic E-state index is 4.80. The Bertz CT molecular complexity index is 2090. The third-order valence-corrected chi connectivity index (χ3v) is 7.91. The third kappa shape index (κ3) is 3.20. The summed E-state index contributed by atoms with van der Waals surface area (Å²) < 4.78 is 4.74. The molecule has 0 aliphatic heterocycles. The molecule has 0 fully saturated rings. The zero-order valence-corrected chi connectivity index (χ0v) is 21.5. The molecule has 184 valence electrons. The van der Waals surface area contributed by atoms with Gasteiger partial charge in [0.05, 0.1) is 22.4 Å². The first-order chi connectivity index (χ1) is 19.3. The van der Waals surface area contributed by atoms with Crippen LogP contribution in [0.3, 0.4) is 0 Å². The van der Waals surface area contributed by atoms with Gasteiger partial charge in [0.2, 0.25) is 0 Å². The van der Waals surface area contributed by atoms with Crippen LogP contribution >= 0.6 is 0 Å². The molecule has 2 aromatic heterocycles. The molecule has 3 heteroatoms. The van der Waals surface area contributed by atoms with Crippen LogP contribution < -0.4 is 0 Å². The quantitative estimate of drug-likeness (QED) is 0.237. The molecule has 0 spiro atoms. The molecule has 0 bridgehead atoms. The highest BCUT2D eigenvalue weighted by atomic mass is 15.1. The highest BCUT2D eigenvalue weighted by molar-refractivity contribution is 6.24. The van der Waals surface area contributed by atoms with E-state index in [0.29, 0.717) is 0 Å². The van der Waals surface area contributed by atoms with Crippen molar-refractivity contribution in [2.45, 2.75) is 6.92 Å². The first kappa shape index (κ1) is 21.9. The predicted octanol–water partition coefficient (Wildman–Crippen LogP) is 9.25. The molecule has 0 N–H and O–H groups in total. The lowest BCUT2D eigenvalue weighted by Gasteiger charge is -2.19. The molecule has 0 saturated carbocycles. The summed E-state index contributed by atoms with van der Waals surface area (Å²) >= 11 is 0. The molecule has 0 amide bonds. The lowest BCUT2D eigenvalue weighted by atomic mass is 10.0. The van der Waals surface area contributed by atoms with Crippen molar-refractivity contribution in [3.63, 3.8) is 0 Å². The van der Waals surface area contributed by atoms with Gasteiger partial charge in [-0.3, -0.25) is 4.57 Å². The van der Waals surface area contributed by atoms with Crippen LogP contribution in [0.5, 0.6) is 0 Å². The van der Waals surface area contributed by atoms with E-state index in [9.17, 15) is 0 Å². The minimum absolute atomic E-state index is 0.932. The average Bonchev–Trinajstić information content (AvgIpc) is 3.61. The molecule has 0 aliphatic carbocycles. The van der Waals surface area contributed by atoms with Crippen molar-refractivity contribution >= 4 is 43.4 Å². The minimum atomic E-state index is 0.932. The molecule has 8 rings (SSSR count). The van der Waals surface area contributed by atoms with Crippen LogP contribution in [0.4, 0.5) is 0 Å². The van der Waals surface area contributed by atoms with Crippen LogP contribution in [-0.2, 0) is 0 Å². The summed E-state index contributed by atoms with van der Waals surface area (Å²) in [6.07, 6.45) is 3.98. The van der Waals surface area contributed by atoms with E-state index in [1.54, 1.807) is 0 Å². The molecular formula is C36H25N3. The first-order valence-corrected chi connectivity index (χ1v) is 13.3. The van der Waals surface area contributed by atoms with E-state index in [-0.39, 0.29) is 0 Å². The molecule has 39 heavy (non-hydrogen) atoms. The van der Waals surface area contributed by atoms with Crippen molar-refractivity contribution in [3.8, 4) is 22.8 Å². The highest BCUT2D eigenvalue weighted by Gasteiger charge is 2.21. The number of imidazole rings is 1. The number of aryl methyl sites for hydroxylation is 1. The Kier molecular flexibility index (Phi) is 4.74. The standard InChI is InChI=1S/C36H25N3/c1-24-10-9-17-32(33(24)38-23-22-37-36(38)27-13-3-2-4-14-27)39-34-28-15-7-5-11-25(28)18-20-30(34)31-21-19-26-12-6-8-16-29(26)35(31)39/h2-23H,1H3. The second kappa shape index (κ2) is 8.44. The molecule has 0 atom stereocenters. The molecule has 6 aromatic carbocycles. The average molecular weight is 500 g/mol. The summed E-state index contributed by atoms with van der Waals surface area (Å²) in [6.45, 7) is 2.19. The van der Waals surface area contributed by atoms with E-state index in [4.69, 9.17) is 4.98 Å².